The summed E-state index contributed by atoms with van der Waals surface area (Å²) < 4.78 is 0. The predicted octanol–water partition coefficient (Wildman–Crippen LogP) is 4.93. The van der Waals surface area contributed by atoms with Crippen molar-refractivity contribution in [2.24, 2.45) is 42.3 Å². The zero-order valence-corrected chi connectivity index (χ0v) is 21.0. The van der Waals surface area contributed by atoms with Gasteiger partial charge in [0, 0.05) is 16.2 Å². The van der Waals surface area contributed by atoms with E-state index in [0.717, 1.165) is 11.4 Å². The molecule has 0 fully saturated rings. The number of aromatic nitrogens is 2. The van der Waals surface area contributed by atoms with E-state index in [4.69, 9.17) is 21.4 Å². The van der Waals surface area contributed by atoms with Crippen molar-refractivity contribution in [2.45, 2.75) is 60.8 Å². The normalized spacial score (nSPS) is 14.4. The van der Waals surface area contributed by atoms with Gasteiger partial charge < -0.3 is 11.5 Å². The van der Waals surface area contributed by atoms with E-state index in [2.05, 4.69) is 33.8 Å². The summed E-state index contributed by atoms with van der Waals surface area (Å²) in [5.41, 5.74) is 12.7. The van der Waals surface area contributed by atoms with E-state index in [1.807, 2.05) is 77.9 Å². The minimum absolute atomic E-state index is 0.216. The van der Waals surface area contributed by atoms with E-state index in [-0.39, 0.29) is 10.8 Å². The third-order valence-electron chi connectivity index (χ3n) is 5.06. The lowest BCUT2D eigenvalue weighted by molar-refractivity contribution is 0.586. The predicted molar refractivity (Wildman–Crippen MR) is 139 cm³/mol. The Morgan fingerprint density at radius 2 is 1.03 bits per heavy atom. The Bertz CT molecular complexity index is 995. The minimum atomic E-state index is -0.474. The number of hydrogen-bond acceptors (Lipinski definition) is 4. The second kappa shape index (κ2) is 10.0. The molecule has 0 amide bonds. The maximum atomic E-state index is 5.98. The van der Waals surface area contributed by atoms with Crippen molar-refractivity contribution in [2.75, 3.05) is 0 Å². The molecule has 0 spiro atoms. The molecule has 2 aromatic rings. The van der Waals surface area contributed by atoms with E-state index in [9.17, 15) is 0 Å². The van der Waals surface area contributed by atoms with Crippen molar-refractivity contribution < 1.29 is 0 Å². The van der Waals surface area contributed by atoms with Crippen LogP contribution in [0.5, 0.6) is 0 Å². The molecule has 0 radical (unpaired) electrons. The molecule has 0 unspecified atom stereocenters. The fraction of sp³-hybridized carbons (Fsp3) is 0.440. The van der Waals surface area contributed by atoms with Gasteiger partial charge in [0.2, 0.25) is 0 Å². The minimum Gasteiger partial charge on any atom is -0.387 e. The molecular formula is C25H36N8. The average Bonchev–Trinajstić information content (AvgIpc) is 2.72. The Morgan fingerprint density at radius 3 is 1.36 bits per heavy atom. The van der Waals surface area contributed by atoms with Gasteiger partial charge in [-0.2, -0.15) is 0 Å². The number of aliphatic imine (C=N–C) groups is 4. The summed E-state index contributed by atoms with van der Waals surface area (Å²) in [5, 5.41) is 0. The molecule has 8 nitrogen and oxygen atoms in total. The maximum Gasteiger partial charge on any atom is 0.153 e. The van der Waals surface area contributed by atoms with Crippen LogP contribution in [0.4, 0.5) is 11.6 Å². The molecule has 0 saturated carbocycles. The van der Waals surface area contributed by atoms with Crippen LogP contribution in [0.2, 0.25) is 0 Å². The van der Waals surface area contributed by atoms with Gasteiger partial charge in [-0.05, 0) is 38.1 Å². The summed E-state index contributed by atoms with van der Waals surface area (Å²) in [6, 6.07) is 11.4. The first-order chi connectivity index (χ1) is 15.2. The fourth-order valence-corrected chi connectivity index (χ4v) is 2.51. The van der Waals surface area contributed by atoms with Gasteiger partial charge in [-0.15, -0.1) is 0 Å². The van der Waals surface area contributed by atoms with Crippen LogP contribution in [0.1, 0.15) is 66.8 Å². The first-order valence-corrected chi connectivity index (χ1v) is 10.9. The van der Waals surface area contributed by atoms with Crippen molar-refractivity contribution in [3.8, 4) is 0 Å². The molecule has 2 rings (SSSR count). The van der Waals surface area contributed by atoms with Crippen molar-refractivity contribution in [3.05, 3.63) is 47.8 Å². The molecule has 0 bridgehead atoms. The molecule has 0 atom stereocenters. The summed E-state index contributed by atoms with van der Waals surface area (Å²) in [4.78, 5) is 26.5. The Hall–Kier alpha value is -3.42. The number of amidine groups is 2. The second-order valence-electron chi connectivity index (χ2n) is 10.4. The third kappa shape index (κ3) is 7.30. The van der Waals surface area contributed by atoms with Crippen LogP contribution in [-0.4, -0.2) is 34.3 Å². The highest BCUT2D eigenvalue weighted by atomic mass is 15.0. The first-order valence-electron chi connectivity index (χ1n) is 10.9. The van der Waals surface area contributed by atoms with Crippen molar-refractivity contribution in [3.63, 3.8) is 0 Å². The van der Waals surface area contributed by atoms with E-state index in [1.54, 1.807) is 0 Å². The Morgan fingerprint density at radius 1 is 0.667 bits per heavy atom. The first kappa shape index (κ1) is 25.8. The van der Waals surface area contributed by atoms with E-state index in [1.165, 1.54) is 12.7 Å². The summed E-state index contributed by atoms with van der Waals surface area (Å²) in [6.45, 7) is 16.1. The van der Waals surface area contributed by atoms with Crippen LogP contribution in [0.25, 0.3) is 0 Å². The van der Waals surface area contributed by atoms with Gasteiger partial charge >= 0.3 is 0 Å². The number of pyridine rings is 2. The monoisotopic (exact) mass is 448 g/mol. The lowest BCUT2D eigenvalue weighted by atomic mass is 9.84. The Kier molecular flexibility index (Phi) is 7.84. The molecule has 0 saturated heterocycles. The Balaban J connectivity index is 2.28. The fourth-order valence-electron chi connectivity index (χ4n) is 2.51. The zero-order chi connectivity index (χ0) is 24.9. The summed E-state index contributed by atoms with van der Waals surface area (Å²) >= 11 is 0. The van der Waals surface area contributed by atoms with Crippen molar-refractivity contribution >= 4 is 36.0 Å². The molecule has 0 aliphatic carbocycles. The summed E-state index contributed by atoms with van der Waals surface area (Å²) in [7, 11) is 0. The summed E-state index contributed by atoms with van der Waals surface area (Å²) in [5.74, 6) is 2.12. The van der Waals surface area contributed by atoms with Gasteiger partial charge in [0.1, 0.15) is 24.3 Å². The average molecular weight is 449 g/mol. The number of hydrogen-bond donors (Lipinski definition) is 2. The smallest absolute Gasteiger partial charge is 0.153 e. The number of rotatable bonds is 6. The second-order valence-corrected chi connectivity index (χ2v) is 10.4. The largest absolute Gasteiger partial charge is 0.387 e. The zero-order valence-electron chi connectivity index (χ0n) is 21.0. The number of nitrogens with two attached hydrogens (primary N) is 2. The van der Waals surface area contributed by atoms with Gasteiger partial charge in [-0.3, -0.25) is 0 Å². The molecule has 4 N–H and O–H groups in total. The highest BCUT2D eigenvalue weighted by molar-refractivity contribution is 5.92. The van der Waals surface area contributed by atoms with Crippen LogP contribution in [0.15, 0.2) is 56.4 Å². The number of nitrogens with zero attached hydrogens (tertiary/aromatic N) is 6. The molecule has 33 heavy (non-hydrogen) atoms. The van der Waals surface area contributed by atoms with Crippen LogP contribution in [0.3, 0.4) is 0 Å². The third-order valence-corrected chi connectivity index (χ3v) is 5.06. The lowest BCUT2D eigenvalue weighted by Gasteiger charge is -2.23. The van der Waals surface area contributed by atoms with Gasteiger partial charge in [0.15, 0.2) is 11.6 Å². The van der Waals surface area contributed by atoms with Gasteiger partial charge in [-0.25, -0.2) is 29.9 Å². The lowest BCUT2D eigenvalue weighted by Crippen LogP contribution is -2.28. The highest BCUT2D eigenvalue weighted by Crippen LogP contribution is 2.31. The molecule has 2 aromatic heterocycles. The maximum absolute atomic E-state index is 5.98. The SMILES string of the molecule is CC(C)(C)C(N)=NC=Nc1cccc(C(C)(C)c2cccc(N=CN=C(N)C(C)(C)C)n2)n1. The van der Waals surface area contributed by atoms with Gasteiger partial charge in [0.05, 0.1) is 11.4 Å². The van der Waals surface area contributed by atoms with Crippen molar-refractivity contribution in [1.29, 1.82) is 0 Å². The molecule has 0 aromatic carbocycles. The van der Waals surface area contributed by atoms with Crippen LogP contribution in [0, 0.1) is 10.8 Å². The van der Waals surface area contributed by atoms with E-state index >= 15 is 0 Å². The molecular weight excluding hydrogens is 412 g/mol. The van der Waals surface area contributed by atoms with Crippen molar-refractivity contribution in [1.82, 2.24) is 9.97 Å². The quantitative estimate of drug-likeness (QED) is 0.480. The van der Waals surface area contributed by atoms with Crippen LogP contribution < -0.4 is 11.5 Å². The topological polar surface area (TPSA) is 127 Å². The summed E-state index contributed by atoms with van der Waals surface area (Å²) in [6.07, 6.45) is 2.88. The Labute approximate surface area is 197 Å². The molecule has 176 valence electrons. The van der Waals surface area contributed by atoms with Crippen LogP contribution >= 0.6 is 0 Å². The molecule has 2 heterocycles. The molecule has 0 aliphatic heterocycles. The highest BCUT2D eigenvalue weighted by Gasteiger charge is 2.27. The van der Waals surface area contributed by atoms with Gasteiger partial charge in [-0.1, -0.05) is 53.7 Å². The standard InChI is InChI=1S/C25H36N8/c1-23(2,3)21(26)30-15-28-19-13-9-11-17(32-19)25(7,8)18-12-10-14-20(33-18)29-16-31-22(27)24(4,5)6/h9-16H,1-8H3,(H2,26,28,30,32)(H2,27,29,31,33). The van der Waals surface area contributed by atoms with E-state index in [0.29, 0.717) is 23.3 Å². The molecule has 0 aliphatic rings. The van der Waals surface area contributed by atoms with Gasteiger partial charge in [0.25, 0.3) is 0 Å². The van der Waals surface area contributed by atoms with E-state index < -0.39 is 5.41 Å². The van der Waals surface area contributed by atoms with Crippen LogP contribution in [-0.2, 0) is 5.41 Å². The molecule has 8 heteroatoms.